The quantitative estimate of drug-likeness (QED) is 0.0373. The van der Waals surface area contributed by atoms with E-state index in [4.69, 9.17) is 9.47 Å². The van der Waals surface area contributed by atoms with E-state index >= 15 is 0 Å². The van der Waals surface area contributed by atoms with Gasteiger partial charge in [0.15, 0.2) is 0 Å². The Labute approximate surface area is 304 Å². The summed E-state index contributed by atoms with van der Waals surface area (Å²) in [5, 5.41) is 0. The molecule has 0 spiro atoms. The number of unbranched alkanes of at least 4 members (excludes halogenated alkanes) is 16. The molecule has 0 N–H and O–H groups in total. The molecular weight excluding hydrogens is 606 g/mol. The van der Waals surface area contributed by atoms with Crippen LogP contribution in [0.25, 0.3) is 0 Å². The predicted molar refractivity (Wildman–Crippen MR) is 212 cm³/mol. The van der Waals surface area contributed by atoms with Crippen molar-refractivity contribution >= 4 is 11.9 Å². The van der Waals surface area contributed by atoms with Crippen LogP contribution in [0.4, 0.5) is 0 Å². The molecule has 0 bridgehead atoms. The van der Waals surface area contributed by atoms with E-state index in [2.05, 4.69) is 81.2 Å². The molecule has 0 aromatic rings. The third kappa shape index (κ3) is 35.5. The van der Waals surface area contributed by atoms with Crippen molar-refractivity contribution in [2.75, 3.05) is 26.2 Å². The first-order valence-corrected chi connectivity index (χ1v) is 20.7. The Kier molecular flexibility index (Phi) is 37.0. The highest BCUT2D eigenvalue weighted by Gasteiger charge is 2.18. The fourth-order valence-corrected chi connectivity index (χ4v) is 5.62. The van der Waals surface area contributed by atoms with E-state index in [0.717, 1.165) is 71.0 Å². The number of esters is 2. The van der Waals surface area contributed by atoms with Gasteiger partial charge in [-0.1, -0.05) is 102 Å². The van der Waals surface area contributed by atoms with Crippen molar-refractivity contribution in [3.05, 3.63) is 48.6 Å². The lowest BCUT2D eigenvalue weighted by molar-refractivity contribution is -0.159. The normalized spacial score (nSPS) is 12.8. The van der Waals surface area contributed by atoms with Gasteiger partial charge in [0, 0.05) is 25.8 Å². The van der Waals surface area contributed by atoms with Crippen molar-refractivity contribution < 1.29 is 19.1 Å². The second-order valence-electron chi connectivity index (χ2n) is 13.5. The number of allylic oxidation sites excluding steroid dienone is 8. The summed E-state index contributed by atoms with van der Waals surface area (Å²) in [6.07, 6.45) is 45.1. The van der Waals surface area contributed by atoms with Gasteiger partial charge in [0.05, 0.1) is 0 Å². The summed E-state index contributed by atoms with van der Waals surface area (Å²) in [7, 11) is 0. The van der Waals surface area contributed by atoms with Crippen LogP contribution in [-0.2, 0) is 19.1 Å². The molecule has 0 fully saturated rings. The van der Waals surface area contributed by atoms with Crippen LogP contribution in [-0.4, -0.2) is 49.2 Å². The minimum atomic E-state index is -0.386. The first kappa shape index (κ1) is 46.9. The lowest BCUT2D eigenvalue weighted by Gasteiger charge is -2.23. The van der Waals surface area contributed by atoms with Crippen LogP contribution in [0, 0.1) is 0 Å². The number of rotatable bonds is 36. The molecule has 0 saturated heterocycles. The summed E-state index contributed by atoms with van der Waals surface area (Å²) in [6, 6.07) is 0. The molecule has 0 aromatic heterocycles. The van der Waals surface area contributed by atoms with E-state index in [1.54, 1.807) is 0 Å². The Morgan fingerprint density at radius 1 is 0.490 bits per heavy atom. The van der Waals surface area contributed by atoms with Gasteiger partial charge in [-0.3, -0.25) is 9.59 Å². The van der Waals surface area contributed by atoms with Crippen molar-refractivity contribution in [3.8, 4) is 0 Å². The molecule has 0 aliphatic heterocycles. The van der Waals surface area contributed by atoms with Gasteiger partial charge in [-0.25, -0.2) is 0 Å². The van der Waals surface area contributed by atoms with Gasteiger partial charge in [-0.05, 0) is 129 Å². The van der Waals surface area contributed by atoms with Gasteiger partial charge in [0.1, 0.15) is 12.7 Å². The molecule has 0 aliphatic rings. The van der Waals surface area contributed by atoms with Crippen LogP contribution >= 0.6 is 0 Å². The van der Waals surface area contributed by atoms with Gasteiger partial charge in [0.25, 0.3) is 0 Å². The maximum atomic E-state index is 12.6. The average Bonchev–Trinajstić information content (AvgIpc) is 3.10. The van der Waals surface area contributed by atoms with Gasteiger partial charge in [0.2, 0.25) is 0 Å². The molecule has 0 radical (unpaired) electrons. The Bertz CT molecular complexity index is 842. The number of ether oxygens (including phenoxy) is 2. The number of nitrogens with zero attached hydrogens (tertiary/aromatic N) is 1. The molecule has 0 unspecified atom stereocenters. The predicted octanol–water partition coefficient (Wildman–Crippen LogP) is 12.8. The summed E-state index contributed by atoms with van der Waals surface area (Å²) in [6.45, 7) is 11.6. The Morgan fingerprint density at radius 3 is 1.20 bits per heavy atom. The van der Waals surface area contributed by atoms with E-state index in [1.807, 2.05) is 0 Å². The Balaban J connectivity index is 4.12. The summed E-state index contributed by atoms with van der Waals surface area (Å²) in [5.41, 5.74) is 0. The highest BCUT2D eigenvalue weighted by molar-refractivity contribution is 5.70. The molecule has 49 heavy (non-hydrogen) atoms. The van der Waals surface area contributed by atoms with Crippen LogP contribution in [0.2, 0.25) is 0 Å². The molecule has 0 heterocycles. The van der Waals surface area contributed by atoms with Crippen molar-refractivity contribution in [3.63, 3.8) is 0 Å². The summed E-state index contributed by atoms with van der Waals surface area (Å²) in [5.74, 6) is -0.376. The lowest BCUT2D eigenvalue weighted by atomic mass is 10.1. The monoisotopic (exact) mass is 686 g/mol. The molecule has 0 saturated carbocycles. The molecule has 0 rings (SSSR count). The number of carbonyl (C=O) groups is 2. The minimum absolute atomic E-state index is 0.150. The van der Waals surface area contributed by atoms with Crippen molar-refractivity contribution in [1.82, 2.24) is 4.90 Å². The fourth-order valence-electron chi connectivity index (χ4n) is 5.62. The molecule has 1 atom stereocenters. The maximum Gasteiger partial charge on any atom is 0.306 e. The Hall–Kier alpha value is -2.14. The minimum Gasteiger partial charge on any atom is -0.462 e. The number of carbonyl (C=O) groups excluding carboxylic acids is 2. The third-order valence-electron chi connectivity index (χ3n) is 8.99. The largest absolute Gasteiger partial charge is 0.462 e. The third-order valence-corrected chi connectivity index (χ3v) is 8.99. The van der Waals surface area contributed by atoms with Crippen LogP contribution in [0.1, 0.15) is 188 Å². The number of hydrogen-bond donors (Lipinski definition) is 0. The van der Waals surface area contributed by atoms with Gasteiger partial charge in [-0.15, -0.1) is 0 Å². The highest BCUT2D eigenvalue weighted by Crippen LogP contribution is 2.11. The van der Waals surface area contributed by atoms with Crippen molar-refractivity contribution in [2.45, 2.75) is 194 Å². The zero-order valence-corrected chi connectivity index (χ0v) is 32.8. The lowest BCUT2D eigenvalue weighted by Crippen LogP contribution is -2.32. The smallest absolute Gasteiger partial charge is 0.306 e. The molecule has 284 valence electrons. The first-order chi connectivity index (χ1) is 24.1. The standard InChI is InChI=1S/C44H79NO4/c1-5-9-11-13-15-17-19-21-23-25-27-29-31-33-35-37-43(46)48-41-42(39-40-45(7-3)8-4)49-44(47)38-36-34-32-30-28-26-24-22-20-18-16-14-12-10-6-2/h15-18,27-30,42H,5-14,19-26,31-41H2,1-4H3/b17-15-,18-16-,29-27-,30-28-/t42-/m0/s1. The zero-order valence-electron chi connectivity index (χ0n) is 32.8. The number of hydrogen-bond acceptors (Lipinski definition) is 5. The molecule has 0 aliphatic carbocycles. The van der Waals surface area contributed by atoms with Gasteiger partial charge in [-0.2, -0.15) is 0 Å². The van der Waals surface area contributed by atoms with E-state index in [9.17, 15) is 9.59 Å². The summed E-state index contributed by atoms with van der Waals surface area (Å²) >= 11 is 0. The van der Waals surface area contributed by atoms with E-state index < -0.39 is 0 Å². The second kappa shape index (κ2) is 38.7. The fraction of sp³-hybridized carbons (Fsp3) is 0.773. The van der Waals surface area contributed by atoms with Crippen LogP contribution < -0.4 is 0 Å². The Morgan fingerprint density at radius 2 is 0.837 bits per heavy atom. The average molecular weight is 686 g/mol. The molecule has 0 aromatic carbocycles. The second-order valence-corrected chi connectivity index (χ2v) is 13.5. The SMILES string of the molecule is CCCCC/C=C\CCCC/C=C\CCCCC(=O)OC[C@H](CCN(CC)CC)OC(=O)CCCC/C=C\CCCC/C=C\CCCCC. The van der Waals surface area contributed by atoms with Gasteiger partial charge >= 0.3 is 11.9 Å². The summed E-state index contributed by atoms with van der Waals surface area (Å²) in [4.78, 5) is 27.4. The first-order valence-electron chi connectivity index (χ1n) is 20.7. The van der Waals surface area contributed by atoms with E-state index in [0.29, 0.717) is 19.3 Å². The van der Waals surface area contributed by atoms with Crippen LogP contribution in [0.3, 0.4) is 0 Å². The van der Waals surface area contributed by atoms with Crippen molar-refractivity contribution in [2.24, 2.45) is 0 Å². The maximum absolute atomic E-state index is 12.6. The molecule has 5 heteroatoms. The van der Waals surface area contributed by atoms with E-state index in [1.165, 1.54) is 89.9 Å². The topological polar surface area (TPSA) is 55.8 Å². The van der Waals surface area contributed by atoms with Crippen molar-refractivity contribution in [1.29, 1.82) is 0 Å². The molecule has 0 amide bonds. The summed E-state index contributed by atoms with van der Waals surface area (Å²) < 4.78 is 11.4. The van der Waals surface area contributed by atoms with Crippen LogP contribution in [0.5, 0.6) is 0 Å². The van der Waals surface area contributed by atoms with Crippen LogP contribution in [0.15, 0.2) is 48.6 Å². The molecular formula is C44H79NO4. The van der Waals surface area contributed by atoms with Gasteiger partial charge < -0.3 is 14.4 Å². The highest BCUT2D eigenvalue weighted by atomic mass is 16.6. The van der Waals surface area contributed by atoms with E-state index in [-0.39, 0.29) is 24.6 Å². The molecule has 5 nitrogen and oxygen atoms in total. The zero-order chi connectivity index (χ0) is 35.9.